The average molecular weight is 295 g/mol. The number of carbonyl (C=O) groups is 1. The molecular formula is C13H17N3O3S. The Kier molecular flexibility index (Phi) is 4.86. The van der Waals surface area contributed by atoms with E-state index < -0.39 is 5.97 Å². The summed E-state index contributed by atoms with van der Waals surface area (Å²) in [6, 6.07) is 3.98. The third kappa shape index (κ3) is 3.64. The van der Waals surface area contributed by atoms with E-state index in [2.05, 4.69) is 10.1 Å². The molecule has 1 unspecified atom stereocenters. The van der Waals surface area contributed by atoms with E-state index in [1.165, 1.54) is 11.3 Å². The molecule has 0 aromatic carbocycles. The number of hydrogen-bond donors (Lipinski definition) is 1. The summed E-state index contributed by atoms with van der Waals surface area (Å²) < 4.78 is 5.21. The fraction of sp³-hybridized carbons (Fsp3) is 0.462. The maximum Gasteiger partial charge on any atom is 0.317 e. The number of aliphatic carboxylic acids is 1. The minimum Gasteiger partial charge on any atom is -0.480 e. The second-order valence-electron chi connectivity index (χ2n) is 4.55. The third-order valence-corrected chi connectivity index (χ3v) is 3.97. The fourth-order valence-corrected chi connectivity index (χ4v) is 2.45. The molecule has 0 saturated heterocycles. The van der Waals surface area contributed by atoms with E-state index >= 15 is 0 Å². The van der Waals surface area contributed by atoms with Gasteiger partial charge in [0.05, 0.1) is 18.0 Å². The predicted molar refractivity (Wildman–Crippen MR) is 75.4 cm³/mol. The van der Waals surface area contributed by atoms with Gasteiger partial charge in [-0.1, -0.05) is 18.1 Å². The summed E-state index contributed by atoms with van der Waals surface area (Å²) in [6.07, 6.45) is 0.860. The van der Waals surface area contributed by atoms with Crippen LogP contribution in [0.5, 0.6) is 0 Å². The molecule has 2 heterocycles. The van der Waals surface area contributed by atoms with Crippen molar-refractivity contribution in [3.63, 3.8) is 0 Å². The Morgan fingerprint density at radius 3 is 3.00 bits per heavy atom. The van der Waals surface area contributed by atoms with Crippen molar-refractivity contribution in [2.45, 2.75) is 32.9 Å². The molecular weight excluding hydrogens is 278 g/mol. The number of aromatic nitrogens is 2. The van der Waals surface area contributed by atoms with E-state index in [0.717, 1.165) is 11.3 Å². The van der Waals surface area contributed by atoms with Crippen LogP contribution < -0.4 is 0 Å². The highest BCUT2D eigenvalue weighted by atomic mass is 32.1. The van der Waals surface area contributed by atoms with Gasteiger partial charge in [-0.25, -0.2) is 0 Å². The Balaban J connectivity index is 2.08. The topological polar surface area (TPSA) is 79.5 Å². The zero-order chi connectivity index (χ0) is 14.5. The number of carboxylic acid groups (broad SMARTS) is 1. The van der Waals surface area contributed by atoms with Gasteiger partial charge in [0.2, 0.25) is 11.7 Å². The Bertz CT molecular complexity index is 553. The molecule has 2 aromatic rings. The molecule has 2 aromatic heterocycles. The smallest absolute Gasteiger partial charge is 0.317 e. The van der Waals surface area contributed by atoms with Crippen LogP contribution in [0, 0.1) is 0 Å². The van der Waals surface area contributed by atoms with Gasteiger partial charge in [0.15, 0.2) is 0 Å². The van der Waals surface area contributed by atoms with E-state index in [1.54, 1.807) is 0 Å². The van der Waals surface area contributed by atoms with E-state index in [-0.39, 0.29) is 12.6 Å². The Morgan fingerprint density at radius 1 is 1.60 bits per heavy atom. The van der Waals surface area contributed by atoms with Gasteiger partial charge in [0.1, 0.15) is 0 Å². The Morgan fingerprint density at radius 2 is 2.40 bits per heavy atom. The van der Waals surface area contributed by atoms with Crippen LogP contribution in [0.2, 0.25) is 0 Å². The summed E-state index contributed by atoms with van der Waals surface area (Å²) in [4.78, 5) is 18.0. The van der Waals surface area contributed by atoms with Crippen LogP contribution in [-0.4, -0.2) is 38.7 Å². The van der Waals surface area contributed by atoms with Crippen molar-refractivity contribution in [3.8, 4) is 10.7 Å². The van der Waals surface area contributed by atoms with Gasteiger partial charge >= 0.3 is 5.97 Å². The lowest BCUT2D eigenvalue weighted by atomic mass is 10.2. The molecule has 0 aliphatic carbocycles. The zero-order valence-electron chi connectivity index (χ0n) is 11.4. The van der Waals surface area contributed by atoms with E-state index in [9.17, 15) is 4.79 Å². The van der Waals surface area contributed by atoms with Crippen molar-refractivity contribution >= 4 is 17.3 Å². The van der Waals surface area contributed by atoms with Crippen LogP contribution in [-0.2, 0) is 11.3 Å². The molecule has 2 rings (SSSR count). The maximum atomic E-state index is 10.9. The molecule has 20 heavy (non-hydrogen) atoms. The van der Waals surface area contributed by atoms with E-state index in [0.29, 0.717) is 18.3 Å². The van der Waals surface area contributed by atoms with Gasteiger partial charge < -0.3 is 9.63 Å². The molecule has 0 radical (unpaired) electrons. The molecule has 1 N–H and O–H groups in total. The second kappa shape index (κ2) is 6.62. The lowest BCUT2D eigenvalue weighted by Crippen LogP contribution is -2.36. The first-order valence-electron chi connectivity index (χ1n) is 6.42. The summed E-state index contributed by atoms with van der Waals surface area (Å²) in [6.45, 7) is 4.31. The Hall–Kier alpha value is -1.73. The first-order valence-corrected chi connectivity index (χ1v) is 7.30. The van der Waals surface area contributed by atoms with Crippen molar-refractivity contribution < 1.29 is 14.4 Å². The number of thiophene rings is 1. The van der Waals surface area contributed by atoms with Crippen LogP contribution in [0.25, 0.3) is 10.7 Å². The molecule has 0 bridgehead atoms. The highest BCUT2D eigenvalue weighted by Gasteiger charge is 2.19. The number of hydrogen-bond acceptors (Lipinski definition) is 6. The SMILES string of the molecule is CCC(C)N(CC(=O)O)Cc1nc(-c2cccs2)no1. The zero-order valence-corrected chi connectivity index (χ0v) is 12.3. The molecule has 0 amide bonds. The lowest BCUT2D eigenvalue weighted by Gasteiger charge is -2.24. The summed E-state index contributed by atoms with van der Waals surface area (Å²) in [5.74, 6) is 0.132. The van der Waals surface area contributed by atoms with Crippen molar-refractivity contribution in [2.24, 2.45) is 0 Å². The molecule has 108 valence electrons. The van der Waals surface area contributed by atoms with Gasteiger partial charge in [0, 0.05) is 6.04 Å². The van der Waals surface area contributed by atoms with E-state index in [4.69, 9.17) is 9.63 Å². The van der Waals surface area contributed by atoms with Gasteiger partial charge in [0.25, 0.3) is 0 Å². The van der Waals surface area contributed by atoms with E-state index in [1.807, 2.05) is 36.3 Å². The van der Waals surface area contributed by atoms with Crippen LogP contribution in [0.15, 0.2) is 22.0 Å². The average Bonchev–Trinajstić information content (AvgIpc) is 3.06. The van der Waals surface area contributed by atoms with Crippen molar-refractivity contribution in [2.75, 3.05) is 6.54 Å². The first kappa shape index (κ1) is 14.7. The molecule has 0 aliphatic rings. The first-order chi connectivity index (χ1) is 9.60. The minimum absolute atomic E-state index is 0.0360. The minimum atomic E-state index is -0.858. The monoisotopic (exact) mass is 295 g/mol. The molecule has 1 atom stereocenters. The highest BCUT2D eigenvalue weighted by Crippen LogP contribution is 2.21. The van der Waals surface area contributed by atoms with Crippen LogP contribution in [0.4, 0.5) is 0 Å². The maximum absolute atomic E-state index is 10.9. The summed E-state index contributed by atoms with van der Waals surface area (Å²) in [7, 11) is 0. The summed E-state index contributed by atoms with van der Waals surface area (Å²) in [5.41, 5.74) is 0. The molecule has 0 spiro atoms. The fourth-order valence-electron chi connectivity index (χ4n) is 1.80. The molecule has 0 saturated carbocycles. The van der Waals surface area contributed by atoms with Crippen molar-refractivity contribution in [1.82, 2.24) is 15.0 Å². The Labute approximate surface area is 121 Å². The van der Waals surface area contributed by atoms with Gasteiger partial charge in [-0.05, 0) is 24.8 Å². The predicted octanol–water partition coefficient (Wildman–Crippen LogP) is 2.48. The highest BCUT2D eigenvalue weighted by molar-refractivity contribution is 7.13. The van der Waals surface area contributed by atoms with Crippen molar-refractivity contribution in [3.05, 3.63) is 23.4 Å². The van der Waals surface area contributed by atoms with Crippen LogP contribution in [0.3, 0.4) is 0 Å². The number of rotatable bonds is 7. The van der Waals surface area contributed by atoms with Crippen LogP contribution >= 0.6 is 11.3 Å². The number of nitrogens with zero attached hydrogens (tertiary/aromatic N) is 3. The van der Waals surface area contributed by atoms with Crippen LogP contribution in [0.1, 0.15) is 26.2 Å². The molecule has 0 fully saturated rings. The largest absolute Gasteiger partial charge is 0.480 e. The van der Waals surface area contributed by atoms with Gasteiger partial charge in [-0.2, -0.15) is 4.98 Å². The normalized spacial score (nSPS) is 12.8. The second-order valence-corrected chi connectivity index (χ2v) is 5.49. The number of carboxylic acids is 1. The summed E-state index contributed by atoms with van der Waals surface area (Å²) >= 11 is 1.54. The molecule has 6 nitrogen and oxygen atoms in total. The standard InChI is InChI=1S/C13H17N3O3S/c1-3-9(2)16(8-12(17)18)7-11-14-13(15-19-11)10-5-4-6-20-10/h4-6,9H,3,7-8H2,1-2H3,(H,17,18). The lowest BCUT2D eigenvalue weighted by molar-refractivity contribution is -0.139. The summed E-state index contributed by atoms with van der Waals surface area (Å²) in [5, 5.41) is 14.8. The van der Waals surface area contributed by atoms with Gasteiger partial charge in [-0.3, -0.25) is 9.69 Å². The molecule has 7 heteroatoms. The molecule has 0 aliphatic heterocycles. The third-order valence-electron chi connectivity index (χ3n) is 3.10. The van der Waals surface area contributed by atoms with Crippen molar-refractivity contribution in [1.29, 1.82) is 0 Å². The quantitative estimate of drug-likeness (QED) is 0.845. The van der Waals surface area contributed by atoms with Gasteiger partial charge in [-0.15, -0.1) is 11.3 Å².